The molecule has 0 saturated heterocycles. The molecule has 0 amide bonds. The summed E-state index contributed by atoms with van der Waals surface area (Å²) in [6, 6.07) is 4.56. The minimum absolute atomic E-state index is 0.0529. The summed E-state index contributed by atoms with van der Waals surface area (Å²) in [5.74, 6) is -1.12. The van der Waals surface area contributed by atoms with Gasteiger partial charge in [0.05, 0.1) is 13.7 Å². The van der Waals surface area contributed by atoms with E-state index in [1.54, 1.807) is 12.1 Å². The maximum absolute atomic E-state index is 13.7. The first kappa shape index (κ1) is 15.4. The minimum atomic E-state index is -0.880. The van der Waals surface area contributed by atoms with Crippen molar-refractivity contribution < 1.29 is 19.0 Å². The smallest absolute Gasteiger partial charge is 0.317 e. The van der Waals surface area contributed by atoms with E-state index in [9.17, 15) is 9.18 Å². The number of nitrogens with zero attached hydrogens (tertiary/aromatic N) is 1. The Labute approximate surface area is 112 Å². The van der Waals surface area contributed by atoms with E-state index in [2.05, 4.69) is 0 Å². The fourth-order valence-corrected chi connectivity index (χ4v) is 2.02. The van der Waals surface area contributed by atoms with Gasteiger partial charge in [-0.15, -0.1) is 0 Å². The van der Waals surface area contributed by atoms with Gasteiger partial charge < -0.3 is 9.84 Å². The summed E-state index contributed by atoms with van der Waals surface area (Å²) < 4.78 is 18.5. The second-order valence-electron chi connectivity index (χ2n) is 4.43. The minimum Gasteiger partial charge on any atom is -0.494 e. The van der Waals surface area contributed by atoms with Gasteiger partial charge in [0.1, 0.15) is 0 Å². The molecular formula is C14H20FNO3. The molecule has 1 unspecified atom stereocenters. The molecule has 5 heteroatoms. The SMILES string of the molecule is CCCN(CC(=O)O)C(C)c1ccc(OC)c(F)c1. The lowest BCUT2D eigenvalue weighted by molar-refractivity contribution is -0.138. The number of benzene rings is 1. The summed E-state index contributed by atoms with van der Waals surface area (Å²) in [6.45, 7) is 4.46. The first-order chi connectivity index (χ1) is 8.99. The lowest BCUT2D eigenvalue weighted by atomic mass is 10.1. The largest absolute Gasteiger partial charge is 0.494 e. The van der Waals surface area contributed by atoms with Crippen LogP contribution in [0.4, 0.5) is 4.39 Å². The van der Waals surface area contributed by atoms with Crippen LogP contribution in [0, 0.1) is 5.82 Å². The van der Waals surface area contributed by atoms with Gasteiger partial charge in [0.25, 0.3) is 0 Å². The van der Waals surface area contributed by atoms with Crippen molar-refractivity contribution in [2.45, 2.75) is 26.3 Å². The number of halogens is 1. The van der Waals surface area contributed by atoms with Crippen LogP contribution in [0.25, 0.3) is 0 Å². The number of carboxylic acid groups (broad SMARTS) is 1. The molecule has 4 nitrogen and oxygen atoms in total. The third-order valence-electron chi connectivity index (χ3n) is 3.06. The quantitative estimate of drug-likeness (QED) is 0.827. The average Bonchev–Trinajstić information content (AvgIpc) is 2.36. The van der Waals surface area contributed by atoms with E-state index in [0.29, 0.717) is 6.54 Å². The number of carboxylic acids is 1. The van der Waals surface area contributed by atoms with Crippen molar-refractivity contribution in [3.63, 3.8) is 0 Å². The highest BCUT2D eigenvalue weighted by Gasteiger charge is 2.18. The summed E-state index contributed by atoms with van der Waals surface area (Å²) in [7, 11) is 1.41. The van der Waals surface area contributed by atoms with E-state index in [1.807, 2.05) is 18.7 Å². The second-order valence-corrected chi connectivity index (χ2v) is 4.43. The molecule has 0 spiro atoms. The molecule has 0 radical (unpaired) electrons. The van der Waals surface area contributed by atoms with Crippen LogP contribution in [0.2, 0.25) is 0 Å². The summed E-state index contributed by atoms with van der Waals surface area (Å²) in [5.41, 5.74) is 0.744. The summed E-state index contributed by atoms with van der Waals surface area (Å²) in [5, 5.41) is 8.91. The molecule has 106 valence electrons. The van der Waals surface area contributed by atoms with Crippen molar-refractivity contribution in [2.75, 3.05) is 20.2 Å². The molecule has 1 atom stereocenters. The third kappa shape index (κ3) is 4.21. The third-order valence-corrected chi connectivity index (χ3v) is 3.06. The van der Waals surface area contributed by atoms with Gasteiger partial charge in [0.15, 0.2) is 11.6 Å². The Kier molecular flexibility index (Phi) is 5.76. The Balaban J connectivity index is 2.91. The molecule has 1 N–H and O–H groups in total. The van der Waals surface area contributed by atoms with Crippen LogP contribution in [-0.2, 0) is 4.79 Å². The zero-order chi connectivity index (χ0) is 14.4. The van der Waals surface area contributed by atoms with Crippen molar-refractivity contribution in [1.29, 1.82) is 0 Å². The Hall–Kier alpha value is -1.62. The molecule has 0 aliphatic carbocycles. The summed E-state index contributed by atoms with van der Waals surface area (Å²) >= 11 is 0. The van der Waals surface area contributed by atoms with Crippen molar-refractivity contribution in [3.05, 3.63) is 29.6 Å². The first-order valence-electron chi connectivity index (χ1n) is 6.28. The Bertz CT molecular complexity index is 437. The van der Waals surface area contributed by atoms with Gasteiger partial charge in [0, 0.05) is 6.04 Å². The fourth-order valence-electron chi connectivity index (χ4n) is 2.02. The molecule has 0 aliphatic heterocycles. The van der Waals surface area contributed by atoms with E-state index in [-0.39, 0.29) is 18.3 Å². The Morgan fingerprint density at radius 3 is 2.68 bits per heavy atom. The predicted molar refractivity (Wildman–Crippen MR) is 70.9 cm³/mol. The summed E-state index contributed by atoms with van der Waals surface area (Å²) in [6.07, 6.45) is 0.844. The number of hydrogen-bond donors (Lipinski definition) is 1. The molecule has 0 bridgehead atoms. The van der Waals surface area contributed by atoms with Crippen LogP contribution >= 0.6 is 0 Å². The molecule has 19 heavy (non-hydrogen) atoms. The van der Waals surface area contributed by atoms with Crippen LogP contribution in [0.15, 0.2) is 18.2 Å². The molecule has 1 aromatic rings. The molecule has 0 aromatic heterocycles. The van der Waals surface area contributed by atoms with Gasteiger partial charge >= 0.3 is 5.97 Å². The monoisotopic (exact) mass is 269 g/mol. The van der Waals surface area contributed by atoms with Crippen molar-refractivity contribution in [3.8, 4) is 5.75 Å². The zero-order valence-corrected chi connectivity index (χ0v) is 11.5. The van der Waals surface area contributed by atoms with Crippen molar-refractivity contribution >= 4 is 5.97 Å². The van der Waals surface area contributed by atoms with E-state index in [4.69, 9.17) is 9.84 Å². The first-order valence-corrected chi connectivity index (χ1v) is 6.28. The lowest BCUT2D eigenvalue weighted by Gasteiger charge is -2.27. The van der Waals surface area contributed by atoms with E-state index >= 15 is 0 Å². The highest BCUT2D eigenvalue weighted by molar-refractivity contribution is 5.69. The van der Waals surface area contributed by atoms with Gasteiger partial charge in [-0.1, -0.05) is 13.0 Å². The molecule has 0 heterocycles. The van der Waals surface area contributed by atoms with Gasteiger partial charge in [0.2, 0.25) is 0 Å². The normalized spacial score (nSPS) is 12.5. The zero-order valence-electron chi connectivity index (χ0n) is 11.5. The van der Waals surface area contributed by atoms with Crippen LogP contribution in [0.3, 0.4) is 0 Å². The molecule has 0 fully saturated rings. The molecule has 1 aromatic carbocycles. The van der Waals surface area contributed by atoms with Gasteiger partial charge in [-0.2, -0.15) is 0 Å². The van der Waals surface area contributed by atoms with Crippen LogP contribution in [0.1, 0.15) is 31.9 Å². The molecule has 1 rings (SSSR count). The Morgan fingerprint density at radius 1 is 1.53 bits per heavy atom. The van der Waals surface area contributed by atoms with Crippen molar-refractivity contribution in [1.82, 2.24) is 4.90 Å². The van der Waals surface area contributed by atoms with E-state index in [1.165, 1.54) is 13.2 Å². The van der Waals surface area contributed by atoms with Crippen molar-refractivity contribution in [2.24, 2.45) is 0 Å². The van der Waals surface area contributed by atoms with Gasteiger partial charge in [-0.05, 0) is 37.6 Å². The topological polar surface area (TPSA) is 49.8 Å². The molecular weight excluding hydrogens is 249 g/mol. The van der Waals surface area contributed by atoms with Gasteiger partial charge in [-0.3, -0.25) is 9.69 Å². The number of methoxy groups -OCH3 is 1. The van der Waals surface area contributed by atoms with E-state index < -0.39 is 11.8 Å². The number of hydrogen-bond acceptors (Lipinski definition) is 3. The average molecular weight is 269 g/mol. The highest BCUT2D eigenvalue weighted by atomic mass is 19.1. The second kappa shape index (κ2) is 7.09. The van der Waals surface area contributed by atoms with Crippen LogP contribution in [0.5, 0.6) is 5.75 Å². The lowest BCUT2D eigenvalue weighted by Crippen LogP contribution is -2.33. The number of aliphatic carboxylic acids is 1. The fraction of sp³-hybridized carbons (Fsp3) is 0.500. The van der Waals surface area contributed by atoms with Crippen LogP contribution < -0.4 is 4.74 Å². The number of rotatable bonds is 7. The molecule has 0 saturated carbocycles. The predicted octanol–water partition coefficient (Wildman–Crippen LogP) is 2.69. The number of ether oxygens (including phenoxy) is 1. The summed E-state index contributed by atoms with van der Waals surface area (Å²) in [4.78, 5) is 12.7. The van der Waals surface area contributed by atoms with E-state index in [0.717, 1.165) is 12.0 Å². The molecule has 0 aliphatic rings. The Morgan fingerprint density at radius 2 is 2.21 bits per heavy atom. The maximum atomic E-state index is 13.7. The van der Waals surface area contributed by atoms with Gasteiger partial charge in [-0.25, -0.2) is 4.39 Å². The maximum Gasteiger partial charge on any atom is 0.317 e. The van der Waals surface area contributed by atoms with Crippen LogP contribution in [-0.4, -0.2) is 36.2 Å². The number of carbonyl (C=O) groups is 1. The highest BCUT2D eigenvalue weighted by Crippen LogP contribution is 2.25. The standard InChI is InChI=1S/C14H20FNO3/c1-4-7-16(9-14(17)18)10(2)11-5-6-13(19-3)12(15)8-11/h5-6,8,10H,4,7,9H2,1-3H3,(H,17,18).